The van der Waals surface area contributed by atoms with E-state index in [1.54, 1.807) is 0 Å². The van der Waals surface area contributed by atoms with Crippen LogP contribution in [0.15, 0.2) is 35.3 Å². The Hall–Kier alpha value is -1.54. The molecular weight excluding hydrogens is 208 g/mol. The molecule has 2 aromatic carbocycles. The monoisotopic (exact) mass is 216 g/mol. The molecule has 0 bridgehead atoms. The molecule has 0 fully saturated rings. The first-order valence-corrected chi connectivity index (χ1v) is 5.13. The van der Waals surface area contributed by atoms with Crippen molar-refractivity contribution in [2.24, 2.45) is 4.99 Å². The van der Waals surface area contributed by atoms with Crippen LogP contribution in [-0.2, 0) is 0 Å². The molecule has 0 atom stereocenters. The molecule has 0 saturated heterocycles. The van der Waals surface area contributed by atoms with Crippen LogP contribution in [-0.4, -0.2) is 13.4 Å². The molecule has 0 unspecified atom stereocenters. The lowest BCUT2D eigenvalue weighted by Crippen LogP contribution is -2.16. The predicted octanol–water partition coefficient (Wildman–Crippen LogP) is 3.60. The zero-order valence-electron chi connectivity index (χ0n) is 8.24. The van der Waals surface area contributed by atoms with Gasteiger partial charge in [-0.15, -0.1) is 0 Å². The summed E-state index contributed by atoms with van der Waals surface area (Å²) in [7, 11) is 1.99. The molecule has 0 aliphatic carbocycles. The normalized spacial score (nSPS) is 13.6. The van der Waals surface area contributed by atoms with Gasteiger partial charge in [-0.05, 0) is 18.2 Å². The lowest BCUT2D eigenvalue weighted by molar-refractivity contribution is 1.28. The Balaban J connectivity index is 2.53. The highest BCUT2D eigenvalue weighted by Gasteiger charge is 2.13. The molecule has 2 aromatic rings. The molecule has 3 heteroatoms. The smallest absolute Gasteiger partial charge is 0.0954 e. The SMILES string of the molecule is CN1C=Nc2ccc(Cl)c3cccc1c23. The summed E-state index contributed by atoms with van der Waals surface area (Å²) in [5.74, 6) is 0. The molecule has 1 aliphatic heterocycles. The van der Waals surface area contributed by atoms with E-state index in [0.717, 1.165) is 27.2 Å². The lowest BCUT2D eigenvalue weighted by atomic mass is 10.1. The average molecular weight is 217 g/mol. The molecule has 0 N–H and O–H groups in total. The van der Waals surface area contributed by atoms with Crippen molar-refractivity contribution in [3.05, 3.63) is 35.4 Å². The maximum atomic E-state index is 6.16. The van der Waals surface area contributed by atoms with Crippen LogP contribution < -0.4 is 4.90 Å². The topological polar surface area (TPSA) is 15.6 Å². The fourth-order valence-electron chi connectivity index (χ4n) is 1.95. The molecule has 15 heavy (non-hydrogen) atoms. The molecule has 0 spiro atoms. The van der Waals surface area contributed by atoms with E-state index < -0.39 is 0 Å². The lowest BCUT2D eigenvalue weighted by Gasteiger charge is -2.21. The van der Waals surface area contributed by atoms with Crippen LogP contribution in [0.3, 0.4) is 0 Å². The summed E-state index contributed by atoms with van der Waals surface area (Å²) >= 11 is 6.16. The van der Waals surface area contributed by atoms with Crippen LogP contribution in [0.2, 0.25) is 5.02 Å². The van der Waals surface area contributed by atoms with Gasteiger partial charge in [0.1, 0.15) is 0 Å². The van der Waals surface area contributed by atoms with Crippen LogP contribution in [0.25, 0.3) is 10.8 Å². The average Bonchev–Trinajstić information content (AvgIpc) is 2.27. The van der Waals surface area contributed by atoms with Crippen molar-refractivity contribution in [2.45, 2.75) is 0 Å². The third kappa shape index (κ3) is 1.15. The van der Waals surface area contributed by atoms with E-state index in [4.69, 9.17) is 11.6 Å². The number of anilines is 1. The summed E-state index contributed by atoms with van der Waals surface area (Å²) in [6, 6.07) is 9.97. The molecule has 1 heterocycles. The van der Waals surface area contributed by atoms with Gasteiger partial charge in [0.15, 0.2) is 0 Å². The highest BCUT2D eigenvalue weighted by atomic mass is 35.5. The zero-order chi connectivity index (χ0) is 10.4. The maximum absolute atomic E-state index is 6.16. The standard InChI is InChI=1S/C12H9ClN2/c1-15-7-14-10-6-5-9(13)8-3-2-4-11(15)12(8)10/h2-7H,1H3. The zero-order valence-corrected chi connectivity index (χ0v) is 8.99. The molecule has 0 amide bonds. The van der Waals surface area contributed by atoms with Crippen LogP contribution in [0, 0.1) is 0 Å². The van der Waals surface area contributed by atoms with E-state index in [-0.39, 0.29) is 0 Å². The summed E-state index contributed by atoms with van der Waals surface area (Å²) in [5.41, 5.74) is 2.14. The third-order valence-electron chi connectivity index (χ3n) is 2.69. The summed E-state index contributed by atoms with van der Waals surface area (Å²) in [6.07, 6.45) is 1.82. The Morgan fingerprint density at radius 3 is 2.93 bits per heavy atom. The number of aliphatic imine (C=N–C) groups is 1. The van der Waals surface area contributed by atoms with Gasteiger partial charge in [0.05, 0.1) is 17.7 Å². The van der Waals surface area contributed by atoms with Gasteiger partial charge in [-0.25, -0.2) is 4.99 Å². The van der Waals surface area contributed by atoms with Crippen LogP contribution in [0.4, 0.5) is 11.4 Å². The van der Waals surface area contributed by atoms with Crippen LogP contribution >= 0.6 is 11.6 Å². The minimum absolute atomic E-state index is 0.779. The van der Waals surface area contributed by atoms with E-state index in [0.29, 0.717) is 0 Å². The number of hydrogen-bond acceptors (Lipinski definition) is 2. The fraction of sp³-hybridized carbons (Fsp3) is 0.0833. The van der Waals surface area contributed by atoms with Gasteiger partial charge in [-0.3, -0.25) is 0 Å². The Kier molecular flexibility index (Phi) is 1.73. The molecule has 2 nitrogen and oxygen atoms in total. The first-order valence-electron chi connectivity index (χ1n) is 4.75. The van der Waals surface area contributed by atoms with Gasteiger partial charge in [0, 0.05) is 22.8 Å². The third-order valence-corrected chi connectivity index (χ3v) is 3.02. The number of benzene rings is 2. The van der Waals surface area contributed by atoms with Crippen LogP contribution in [0.5, 0.6) is 0 Å². The summed E-state index contributed by atoms with van der Waals surface area (Å²) in [6.45, 7) is 0. The van der Waals surface area contributed by atoms with Crippen molar-refractivity contribution in [1.82, 2.24) is 0 Å². The first kappa shape index (κ1) is 8.74. The molecule has 0 saturated carbocycles. The highest BCUT2D eigenvalue weighted by Crippen LogP contribution is 2.39. The predicted molar refractivity (Wildman–Crippen MR) is 65.5 cm³/mol. The van der Waals surface area contributed by atoms with E-state index in [2.05, 4.69) is 11.1 Å². The van der Waals surface area contributed by atoms with Crippen molar-refractivity contribution in [3.8, 4) is 0 Å². The van der Waals surface area contributed by atoms with E-state index in [1.165, 1.54) is 0 Å². The second-order valence-electron chi connectivity index (χ2n) is 3.62. The van der Waals surface area contributed by atoms with Crippen LogP contribution in [0.1, 0.15) is 0 Å². The van der Waals surface area contributed by atoms with Gasteiger partial charge < -0.3 is 4.90 Å². The van der Waals surface area contributed by atoms with Crippen molar-refractivity contribution < 1.29 is 0 Å². The van der Waals surface area contributed by atoms with Crippen molar-refractivity contribution in [2.75, 3.05) is 11.9 Å². The van der Waals surface area contributed by atoms with Gasteiger partial charge in [-0.2, -0.15) is 0 Å². The van der Waals surface area contributed by atoms with E-state index in [1.807, 2.05) is 42.6 Å². The summed E-state index contributed by atoms with van der Waals surface area (Å²) < 4.78 is 0. The van der Waals surface area contributed by atoms with Gasteiger partial charge >= 0.3 is 0 Å². The Morgan fingerprint density at radius 2 is 2.07 bits per heavy atom. The Bertz CT molecular complexity index is 575. The second kappa shape index (κ2) is 2.97. The second-order valence-corrected chi connectivity index (χ2v) is 4.03. The first-order chi connectivity index (χ1) is 7.27. The van der Waals surface area contributed by atoms with Crippen molar-refractivity contribution in [3.63, 3.8) is 0 Å². The quantitative estimate of drug-likeness (QED) is 0.657. The van der Waals surface area contributed by atoms with Gasteiger partial charge in [0.2, 0.25) is 0 Å². The van der Waals surface area contributed by atoms with E-state index in [9.17, 15) is 0 Å². The molecule has 0 aromatic heterocycles. The number of nitrogens with zero attached hydrogens (tertiary/aromatic N) is 2. The summed E-state index contributed by atoms with van der Waals surface area (Å²) in [4.78, 5) is 6.38. The van der Waals surface area contributed by atoms with E-state index >= 15 is 0 Å². The fourth-order valence-corrected chi connectivity index (χ4v) is 2.17. The highest BCUT2D eigenvalue weighted by molar-refractivity contribution is 6.36. The summed E-state index contributed by atoms with van der Waals surface area (Å²) in [5, 5.41) is 2.98. The van der Waals surface area contributed by atoms with Crippen molar-refractivity contribution in [1.29, 1.82) is 0 Å². The van der Waals surface area contributed by atoms with Crippen molar-refractivity contribution >= 4 is 40.1 Å². The number of hydrogen-bond donors (Lipinski definition) is 0. The Labute approximate surface area is 92.8 Å². The minimum Gasteiger partial charge on any atom is -0.335 e. The number of halogens is 1. The van der Waals surface area contributed by atoms with Gasteiger partial charge in [0.25, 0.3) is 0 Å². The maximum Gasteiger partial charge on any atom is 0.0954 e. The largest absolute Gasteiger partial charge is 0.335 e. The number of rotatable bonds is 0. The molecule has 1 aliphatic rings. The molecule has 74 valence electrons. The molecular formula is C12H9ClN2. The minimum atomic E-state index is 0.779. The van der Waals surface area contributed by atoms with Gasteiger partial charge in [-0.1, -0.05) is 23.7 Å². The molecule has 3 rings (SSSR count). The Morgan fingerprint density at radius 1 is 1.20 bits per heavy atom. The molecule has 0 radical (unpaired) electrons.